The van der Waals surface area contributed by atoms with E-state index in [-0.39, 0.29) is 0 Å². The van der Waals surface area contributed by atoms with Crippen LogP contribution in [0, 0.1) is 0 Å². The molecule has 0 unspecified atom stereocenters. The summed E-state index contributed by atoms with van der Waals surface area (Å²) in [6, 6.07) is 4.03. The van der Waals surface area contributed by atoms with Crippen molar-refractivity contribution in [2.75, 3.05) is 5.75 Å². The van der Waals surface area contributed by atoms with Crippen molar-refractivity contribution < 1.29 is 0 Å². The Morgan fingerprint density at radius 3 is 3.06 bits per heavy atom. The highest BCUT2D eigenvalue weighted by Crippen LogP contribution is 2.43. The highest BCUT2D eigenvalue weighted by atomic mass is 79.9. The zero-order valence-corrected chi connectivity index (χ0v) is 12.0. The van der Waals surface area contributed by atoms with Crippen LogP contribution in [0.5, 0.6) is 0 Å². The molecule has 0 aliphatic carbocycles. The molecule has 0 bridgehead atoms. The quantitative estimate of drug-likeness (QED) is 0.720. The Morgan fingerprint density at radius 1 is 1.31 bits per heavy atom. The predicted octanol–water partition coefficient (Wildman–Crippen LogP) is 4.27. The zero-order valence-electron chi connectivity index (χ0n) is 8.04. The largest absolute Gasteiger partial charge is 0.152 e. The molecule has 0 atom stereocenters. The van der Waals surface area contributed by atoms with E-state index in [1.807, 2.05) is 17.8 Å². The van der Waals surface area contributed by atoms with Crippen LogP contribution in [0.15, 0.2) is 20.1 Å². The van der Waals surface area contributed by atoms with Gasteiger partial charge in [-0.15, -0.1) is 33.3 Å². The molecular weight excluding hydrogens is 328 g/mol. The van der Waals surface area contributed by atoms with E-state index in [1.165, 1.54) is 15.3 Å². The molecule has 1 aliphatic heterocycles. The summed E-state index contributed by atoms with van der Waals surface area (Å²) in [5.41, 5.74) is 3.35. The fourth-order valence-electron chi connectivity index (χ4n) is 1.69. The highest BCUT2D eigenvalue weighted by Gasteiger charge is 2.19. The maximum atomic E-state index is 5.88. The number of hydrogen-bond donors (Lipinski definition) is 0. The maximum Gasteiger partial charge on any atom is 0.152 e. The van der Waals surface area contributed by atoms with E-state index in [9.17, 15) is 0 Å². The number of halogens is 2. The van der Waals surface area contributed by atoms with Gasteiger partial charge in [0.1, 0.15) is 0 Å². The first-order valence-corrected chi connectivity index (χ1v) is 7.66. The Hall–Kier alpha value is -0.100. The normalized spacial score (nSPS) is 14.1. The van der Waals surface area contributed by atoms with Crippen LogP contribution in [-0.4, -0.2) is 16.0 Å². The number of aryl methyl sites for hydroxylation is 1. The summed E-state index contributed by atoms with van der Waals surface area (Å²) >= 11 is 13.0. The average molecular weight is 334 g/mol. The molecule has 3 rings (SSSR count). The number of aromatic nitrogens is 2. The van der Waals surface area contributed by atoms with Crippen molar-refractivity contribution in [1.82, 2.24) is 10.2 Å². The molecule has 16 heavy (non-hydrogen) atoms. The minimum atomic E-state index is 0.474. The van der Waals surface area contributed by atoms with Gasteiger partial charge in [-0.2, -0.15) is 0 Å². The summed E-state index contributed by atoms with van der Waals surface area (Å²) in [6.45, 7) is 0. The fraction of sp³-hybridized carbons (Fsp3) is 0.200. The number of fused-ring (bicyclic) bond motifs is 3. The minimum absolute atomic E-state index is 0.474. The molecule has 2 aromatic rings. The van der Waals surface area contributed by atoms with Crippen molar-refractivity contribution in [1.29, 1.82) is 0 Å². The van der Waals surface area contributed by atoms with E-state index in [0.717, 1.165) is 21.7 Å². The highest BCUT2D eigenvalue weighted by molar-refractivity contribution is 9.11. The summed E-state index contributed by atoms with van der Waals surface area (Å²) in [4.78, 5) is 0. The summed E-state index contributed by atoms with van der Waals surface area (Å²) in [6.07, 6.45) is 0.994. The molecule has 3 heterocycles. The first-order valence-electron chi connectivity index (χ1n) is 4.68. The lowest BCUT2D eigenvalue weighted by atomic mass is 10.1. The molecule has 0 fully saturated rings. The third kappa shape index (κ3) is 1.90. The first kappa shape index (κ1) is 11.0. The van der Waals surface area contributed by atoms with Crippen molar-refractivity contribution in [3.63, 3.8) is 0 Å². The molecule has 0 amide bonds. The molecule has 0 N–H and O–H groups in total. The fourth-order valence-corrected chi connectivity index (χ4v) is 5.09. The number of rotatable bonds is 0. The van der Waals surface area contributed by atoms with Crippen molar-refractivity contribution >= 4 is 50.6 Å². The van der Waals surface area contributed by atoms with Crippen molar-refractivity contribution in [2.45, 2.75) is 10.6 Å². The maximum absolute atomic E-state index is 5.88. The van der Waals surface area contributed by atoms with Gasteiger partial charge in [0.15, 0.2) is 5.15 Å². The van der Waals surface area contributed by atoms with Gasteiger partial charge in [0.25, 0.3) is 0 Å². The van der Waals surface area contributed by atoms with Crippen LogP contribution < -0.4 is 0 Å². The molecular formula is C10H6BrClN2S2. The third-order valence-electron chi connectivity index (χ3n) is 2.37. The van der Waals surface area contributed by atoms with Crippen LogP contribution >= 0.6 is 50.6 Å². The van der Waals surface area contributed by atoms with Crippen LogP contribution in [0.4, 0.5) is 0 Å². The van der Waals surface area contributed by atoms with E-state index in [0.29, 0.717) is 5.15 Å². The Bertz CT molecular complexity index is 556. The predicted molar refractivity (Wildman–Crippen MR) is 72.5 cm³/mol. The first-order chi connectivity index (χ1) is 7.74. The van der Waals surface area contributed by atoms with Crippen molar-refractivity contribution in [2.24, 2.45) is 0 Å². The monoisotopic (exact) mass is 332 g/mol. The van der Waals surface area contributed by atoms with Crippen LogP contribution in [0.2, 0.25) is 5.15 Å². The van der Waals surface area contributed by atoms with Gasteiger partial charge in [0.05, 0.1) is 13.7 Å². The second kappa shape index (κ2) is 4.29. The number of thioether (sulfide) groups is 1. The Kier molecular flexibility index (Phi) is 2.96. The Morgan fingerprint density at radius 2 is 2.19 bits per heavy atom. The number of thiophene rings is 1. The Labute approximate surface area is 115 Å². The minimum Gasteiger partial charge on any atom is -0.149 e. The van der Waals surface area contributed by atoms with Gasteiger partial charge >= 0.3 is 0 Å². The van der Waals surface area contributed by atoms with Gasteiger partial charge < -0.3 is 0 Å². The summed E-state index contributed by atoms with van der Waals surface area (Å²) in [5.74, 6) is 1.06. The van der Waals surface area contributed by atoms with Crippen molar-refractivity contribution in [3.8, 4) is 11.3 Å². The Balaban J connectivity index is 2.24. The lowest BCUT2D eigenvalue weighted by Gasteiger charge is -2.02. The third-order valence-corrected chi connectivity index (χ3v) is 5.48. The molecule has 0 radical (unpaired) electrons. The molecule has 2 aromatic heterocycles. The second-order valence-electron chi connectivity index (χ2n) is 3.39. The molecule has 1 aliphatic rings. The molecule has 0 spiro atoms. The number of hydrogen-bond acceptors (Lipinski definition) is 4. The molecule has 0 saturated heterocycles. The van der Waals surface area contributed by atoms with E-state index in [2.05, 4.69) is 32.2 Å². The number of nitrogens with zero attached hydrogens (tertiary/aromatic N) is 2. The van der Waals surface area contributed by atoms with Crippen LogP contribution in [0.3, 0.4) is 0 Å². The lowest BCUT2D eigenvalue weighted by Crippen LogP contribution is -1.95. The smallest absolute Gasteiger partial charge is 0.149 e. The summed E-state index contributed by atoms with van der Waals surface area (Å²) in [5, 5.41) is 8.64. The van der Waals surface area contributed by atoms with Gasteiger partial charge in [-0.25, -0.2) is 0 Å². The van der Waals surface area contributed by atoms with Gasteiger partial charge in [-0.05, 0) is 40.0 Å². The second-order valence-corrected chi connectivity index (χ2v) is 7.57. The topological polar surface area (TPSA) is 25.8 Å². The van der Waals surface area contributed by atoms with Crippen LogP contribution in [0.25, 0.3) is 11.3 Å². The average Bonchev–Trinajstić information content (AvgIpc) is 2.52. The van der Waals surface area contributed by atoms with Gasteiger partial charge in [-0.3, -0.25) is 0 Å². The summed E-state index contributed by atoms with van der Waals surface area (Å²) < 4.78 is 2.44. The van der Waals surface area contributed by atoms with Gasteiger partial charge in [0.2, 0.25) is 0 Å². The molecule has 0 aromatic carbocycles. The molecule has 6 heteroatoms. The molecule has 82 valence electrons. The van der Waals surface area contributed by atoms with Crippen LogP contribution in [-0.2, 0) is 6.42 Å². The van der Waals surface area contributed by atoms with Gasteiger partial charge in [0, 0.05) is 11.3 Å². The van der Waals surface area contributed by atoms with Crippen molar-refractivity contribution in [3.05, 3.63) is 26.6 Å². The molecule has 0 saturated carbocycles. The molecule has 2 nitrogen and oxygen atoms in total. The van der Waals surface area contributed by atoms with E-state index in [4.69, 9.17) is 11.6 Å². The lowest BCUT2D eigenvalue weighted by molar-refractivity contribution is 0.998. The zero-order chi connectivity index (χ0) is 11.1. The SMILES string of the molecule is Clc1cc2c(nn1)-c1cc(Br)sc1SCC2. The van der Waals surface area contributed by atoms with E-state index < -0.39 is 0 Å². The van der Waals surface area contributed by atoms with E-state index >= 15 is 0 Å². The summed E-state index contributed by atoms with van der Waals surface area (Å²) in [7, 11) is 0. The van der Waals surface area contributed by atoms with Crippen LogP contribution in [0.1, 0.15) is 5.56 Å². The standard InChI is InChI=1S/C10H6BrClN2S2/c11-7-4-6-9-5(3-8(12)13-14-9)1-2-15-10(6)16-7/h3-4H,1-2H2. The van der Waals surface area contributed by atoms with Gasteiger partial charge in [-0.1, -0.05) is 11.6 Å². The van der Waals surface area contributed by atoms with E-state index in [1.54, 1.807) is 11.3 Å².